The van der Waals surface area contributed by atoms with Gasteiger partial charge < -0.3 is 15.3 Å². The van der Waals surface area contributed by atoms with Crippen molar-refractivity contribution in [3.63, 3.8) is 0 Å². The zero-order valence-corrected chi connectivity index (χ0v) is 12.8. The Bertz CT molecular complexity index is 497. The van der Waals surface area contributed by atoms with E-state index in [4.69, 9.17) is 5.11 Å². The monoisotopic (exact) mass is 318 g/mol. The average molecular weight is 318 g/mol. The van der Waals surface area contributed by atoms with Crippen LogP contribution in [-0.2, 0) is 14.6 Å². The maximum Gasteiger partial charge on any atom is 0.317 e. The molecule has 0 aromatic rings. The summed E-state index contributed by atoms with van der Waals surface area (Å²) in [6, 6.07) is -0.340. The number of carbonyl (C=O) groups excluding carboxylic acids is 1. The highest BCUT2D eigenvalue weighted by atomic mass is 32.2. The van der Waals surface area contributed by atoms with Crippen LogP contribution < -0.4 is 5.32 Å². The Morgan fingerprint density at radius 3 is 2.19 bits per heavy atom. The molecule has 0 atom stereocenters. The van der Waals surface area contributed by atoms with Gasteiger partial charge in [0.25, 0.3) is 0 Å². The Balaban J connectivity index is 1.99. The minimum atomic E-state index is -3.03. The second-order valence-electron chi connectivity index (χ2n) is 5.98. The standard InChI is InChI=1S/C13H22N2O5S/c16-11(17)10-13(4-2-1-3-5-13)14-12(18)15-6-8-21(19,20)9-7-15/h1-10H2,(H,14,18)(H,16,17). The van der Waals surface area contributed by atoms with E-state index in [0.29, 0.717) is 12.8 Å². The molecule has 0 radical (unpaired) electrons. The van der Waals surface area contributed by atoms with Crippen molar-refractivity contribution in [3.05, 3.63) is 0 Å². The molecule has 2 amide bonds. The predicted octanol–water partition coefficient (Wildman–Crippen LogP) is 0.604. The molecule has 8 heteroatoms. The Labute approximate surface area is 124 Å². The van der Waals surface area contributed by atoms with Crippen LogP contribution >= 0.6 is 0 Å². The lowest BCUT2D eigenvalue weighted by atomic mass is 9.79. The molecular formula is C13H22N2O5S. The first-order chi connectivity index (χ1) is 9.82. The highest BCUT2D eigenvalue weighted by Crippen LogP contribution is 2.31. The van der Waals surface area contributed by atoms with E-state index in [2.05, 4.69) is 5.32 Å². The molecule has 0 bridgehead atoms. The van der Waals surface area contributed by atoms with Crippen LogP contribution in [0, 0.1) is 0 Å². The number of sulfone groups is 1. The van der Waals surface area contributed by atoms with E-state index >= 15 is 0 Å². The zero-order valence-electron chi connectivity index (χ0n) is 12.0. The normalized spacial score (nSPS) is 24.3. The fourth-order valence-corrected chi connectivity index (χ4v) is 4.29. The number of aliphatic carboxylic acids is 1. The average Bonchev–Trinajstić information content (AvgIpc) is 2.38. The van der Waals surface area contributed by atoms with Gasteiger partial charge in [0, 0.05) is 13.1 Å². The molecule has 1 saturated heterocycles. The van der Waals surface area contributed by atoms with Gasteiger partial charge in [-0.3, -0.25) is 4.79 Å². The second kappa shape index (κ2) is 6.21. The summed E-state index contributed by atoms with van der Waals surface area (Å²) in [5, 5.41) is 12.0. The summed E-state index contributed by atoms with van der Waals surface area (Å²) in [5.74, 6) is -0.961. The number of nitrogens with one attached hydrogen (secondary N) is 1. The third-order valence-corrected chi connectivity index (χ3v) is 5.91. The fraction of sp³-hybridized carbons (Fsp3) is 0.846. The lowest BCUT2D eigenvalue weighted by molar-refractivity contribution is -0.139. The van der Waals surface area contributed by atoms with Gasteiger partial charge in [-0.05, 0) is 12.8 Å². The first-order valence-electron chi connectivity index (χ1n) is 7.31. The van der Waals surface area contributed by atoms with Crippen molar-refractivity contribution in [2.45, 2.75) is 44.1 Å². The van der Waals surface area contributed by atoms with Crippen molar-refractivity contribution >= 4 is 21.8 Å². The third kappa shape index (κ3) is 4.33. The second-order valence-corrected chi connectivity index (χ2v) is 8.28. The lowest BCUT2D eigenvalue weighted by Crippen LogP contribution is -2.57. The number of amides is 2. The highest BCUT2D eigenvalue weighted by Gasteiger charge is 2.37. The van der Waals surface area contributed by atoms with E-state index in [1.165, 1.54) is 4.90 Å². The van der Waals surface area contributed by atoms with Crippen LogP contribution in [-0.4, -0.2) is 60.6 Å². The van der Waals surface area contributed by atoms with E-state index in [1.54, 1.807) is 0 Å². The van der Waals surface area contributed by atoms with E-state index < -0.39 is 21.3 Å². The smallest absolute Gasteiger partial charge is 0.317 e. The lowest BCUT2D eigenvalue weighted by Gasteiger charge is -2.39. The van der Waals surface area contributed by atoms with Crippen molar-refractivity contribution < 1.29 is 23.1 Å². The van der Waals surface area contributed by atoms with Gasteiger partial charge >= 0.3 is 12.0 Å². The van der Waals surface area contributed by atoms with Crippen molar-refractivity contribution in [3.8, 4) is 0 Å². The first kappa shape index (κ1) is 16.1. The van der Waals surface area contributed by atoms with Gasteiger partial charge in [0.05, 0.1) is 23.5 Å². The molecule has 0 spiro atoms. The molecule has 2 N–H and O–H groups in total. The Hall–Kier alpha value is -1.31. The molecule has 21 heavy (non-hydrogen) atoms. The number of urea groups is 1. The van der Waals surface area contributed by atoms with Crippen LogP contribution in [0.25, 0.3) is 0 Å². The van der Waals surface area contributed by atoms with Crippen molar-refractivity contribution in [1.82, 2.24) is 10.2 Å². The summed E-state index contributed by atoms with van der Waals surface area (Å²) in [5.41, 5.74) is -0.683. The fourth-order valence-electron chi connectivity index (χ4n) is 3.09. The van der Waals surface area contributed by atoms with Crippen LogP contribution in [0.4, 0.5) is 4.79 Å². The number of hydrogen-bond acceptors (Lipinski definition) is 4. The summed E-state index contributed by atoms with van der Waals surface area (Å²) in [6.45, 7) is 0.356. The van der Waals surface area contributed by atoms with Gasteiger partial charge in [0.1, 0.15) is 0 Å². The van der Waals surface area contributed by atoms with Gasteiger partial charge in [-0.1, -0.05) is 19.3 Å². The first-order valence-corrected chi connectivity index (χ1v) is 9.13. The molecule has 2 aliphatic rings. The molecule has 1 aliphatic carbocycles. The van der Waals surface area contributed by atoms with Crippen LogP contribution in [0.2, 0.25) is 0 Å². The van der Waals surface area contributed by atoms with E-state index in [1.807, 2.05) is 0 Å². The maximum absolute atomic E-state index is 12.3. The quantitative estimate of drug-likeness (QED) is 0.793. The Morgan fingerprint density at radius 2 is 1.67 bits per heavy atom. The number of carboxylic acids is 1. The molecule has 0 aromatic heterocycles. The summed E-state index contributed by atoms with van der Waals surface area (Å²) < 4.78 is 22.8. The largest absolute Gasteiger partial charge is 0.481 e. The minimum absolute atomic E-state index is 0.0215. The highest BCUT2D eigenvalue weighted by molar-refractivity contribution is 7.91. The summed E-state index contributed by atoms with van der Waals surface area (Å²) in [4.78, 5) is 24.8. The molecule has 1 aliphatic heterocycles. The van der Waals surface area contributed by atoms with Gasteiger partial charge in [0.15, 0.2) is 9.84 Å². The van der Waals surface area contributed by atoms with Gasteiger partial charge in [-0.2, -0.15) is 0 Å². The molecule has 0 unspecified atom stereocenters. The number of carbonyl (C=O) groups is 2. The van der Waals surface area contributed by atoms with Crippen LogP contribution in [0.5, 0.6) is 0 Å². The molecule has 2 fully saturated rings. The van der Waals surface area contributed by atoms with Crippen LogP contribution in [0.15, 0.2) is 0 Å². The maximum atomic E-state index is 12.3. The van der Waals surface area contributed by atoms with Gasteiger partial charge in [0.2, 0.25) is 0 Å². The number of hydrogen-bond donors (Lipinski definition) is 2. The molecule has 1 heterocycles. The molecule has 120 valence electrons. The molecular weight excluding hydrogens is 296 g/mol. The van der Waals surface area contributed by atoms with Crippen molar-refractivity contribution in [2.75, 3.05) is 24.6 Å². The summed E-state index contributed by atoms with van der Waals surface area (Å²) in [6.07, 6.45) is 4.11. The van der Waals surface area contributed by atoms with Crippen LogP contribution in [0.1, 0.15) is 38.5 Å². The molecule has 7 nitrogen and oxygen atoms in total. The Morgan fingerprint density at radius 1 is 1.10 bits per heavy atom. The van der Waals surface area contributed by atoms with Gasteiger partial charge in [-0.25, -0.2) is 13.2 Å². The summed E-state index contributed by atoms with van der Waals surface area (Å²) in [7, 11) is -3.03. The van der Waals surface area contributed by atoms with E-state index in [-0.39, 0.29) is 37.0 Å². The van der Waals surface area contributed by atoms with Crippen LogP contribution in [0.3, 0.4) is 0 Å². The van der Waals surface area contributed by atoms with E-state index in [0.717, 1.165) is 19.3 Å². The zero-order chi connectivity index (χ0) is 15.5. The van der Waals surface area contributed by atoms with Gasteiger partial charge in [-0.15, -0.1) is 0 Å². The summed E-state index contributed by atoms with van der Waals surface area (Å²) >= 11 is 0. The predicted molar refractivity (Wildman–Crippen MR) is 76.8 cm³/mol. The SMILES string of the molecule is O=C(O)CC1(NC(=O)N2CCS(=O)(=O)CC2)CCCCC1. The number of rotatable bonds is 3. The van der Waals surface area contributed by atoms with Crippen molar-refractivity contribution in [1.29, 1.82) is 0 Å². The molecule has 1 saturated carbocycles. The molecule has 2 rings (SSSR count). The minimum Gasteiger partial charge on any atom is -0.481 e. The Kier molecular flexibility index (Phi) is 4.75. The number of carboxylic acid groups (broad SMARTS) is 1. The van der Waals surface area contributed by atoms with Crippen molar-refractivity contribution in [2.24, 2.45) is 0 Å². The number of nitrogens with zero attached hydrogens (tertiary/aromatic N) is 1. The topological polar surface area (TPSA) is 104 Å². The molecule has 0 aromatic carbocycles. The third-order valence-electron chi connectivity index (χ3n) is 4.30. The van der Waals surface area contributed by atoms with E-state index in [9.17, 15) is 18.0 Å².